The van der Waals surface area contributed by atoms with Gasteiger partial charge in [-0.05, 0) is 6.42 Å². The number of aliphatic hydroxyl groups is 2. The minimum Gasteiger partial charge on any atom is -0.480 e. The minimum absolute atomic E-state index is 0.119. The van der Waals surface area contributed by atoms with Crippen LogP contribution in [0.2, 0.25) is 0 Å². The Morgan fingerprint density at radius 1 is 1.64 bits per heavy atom. The molecule has 0 radical (unpaired) electrons. The van der Waals surface area contributed by atoms with Gasteiger partial charge in [-0.15, -0.1) is 0 Å². The Morgan fingerprint density at radius 3 is 2.79 bits per heavy atom. The quantitative estimate of drug-likeness (QED) is 0.512. The summed E-state index contributed by atoms with van der Waals surface area (Å²) in [6.45, 7) is -0.595. The number of aliphatic carboxylic acids is 1. The number of hydrogen-bond acceptors (Lipinski definition) is 4. The molecule has 1 fully saturated rings. The van der Waals surface area contributed by atoms with Crippen LogP contribution >= 0.6 is 0 Å². The average molecular weight is 203 g/mol. The van der Waals surface area contributed by atoms with Crippen molar-refractivity contribution < 1.29 is 24.9 Å². The van der Waals surface area contributed by atoms with Crippen LogP contribution < -0.4 is 0 Å². The van der Waals surface area contributed by atoms with Gasteiger partial charge in [0.25, 0.3) is 0 Å². The Labute approximate surface area is 80.8 Å². The van der Waals surface area contributed by atoms with Crippen molar-refractivity contribution in [3.8, 4) is 0 Å². The molecule has 1 heterocycles. The number of carbonyl (C=O) groups excluding carboxylic acids is 1. The van der Waals surface area contributed by atoms with Gasteiger partial charge in [-0.3, -0.25) is 4.79 Å². The fourth-order valence-corrected chi connectivity index (χ4v) is 1.50. The van der Waals surface area contributed by atoms with Crippen LogP contribution in [0, 0.1) is 0 Å². The number of aliphatic hydroxyl groups excluding tert-OH is 2. The van der Waals surface area contributed by atoms with E-state index in [1.807, 2.05) is 0 Å². The second-order valence-electron chi connectivity index (χ2n) is 3.28. The number of carboxylic acid groups (broad SMARTS) is 1. The molecule has 0 spiro atoms. The van der Waals surface area contributed by atoms with E-state index in [0.29, 0.717) is 0 Å². The van der Waals surface area contributed by atoms with E-state index >= 15 is 0 Å². The Balaban J connectivity index is 2.62. The molecule has 0 aromatic rings. The number of likely N-dealkylation sites (tertiary alicyclic amines) is 1. The number of β-amino-alcohol motifs (C(OH)–C–C–N with tert-alkyl or cyclic N) is 1. The lowest BCUT2D eigenvalue weighted by molar-refractivity contribution is -0.147. The van der Waals surface area contributed by atoms with E-state index in [4.69, 9.17) is 15.3 Å². The molecule has 0 bridgehead atoms. The molecule has 14 heavy (non-hydrogen) atoms. The second-order valence-corrected chi connectivity index (χ2v) is 3.28. The van der Waals surface area contributed by atoms with E-state index < -0.39 is 24.7 Å². The maximum absolute atomic E-state index is 11.2. The number of nitrogens with zero attached hydrogens (tertiary/aromatic N) is 1. The zero-order valence-corrected chi connectivity index (χ0v) is 7.59. The van der Waals surface area contributed by atoms with E-state index in [1.165, 1.54) is 0 Å². The maximum atomic E-state index is 11.2. The van der Waals surface area contributed by atoms with Crippen molar-refractivity contribution in [2.24, 2.45) is 0 Å². The smallest absolute Gasteiger partial charge is 0.326 e. The molecule has 1 saturated heterocycles. The summed E-state index contributed by atoms with van der Waals surface area (Å²) in [5.41, 5.74) is 0. The molecule has 1 amide bonds. The highest BCUT2D eigenvalue weighted by molar-refractivity contribution is 5.87. The molecular weight excluding hydrogens is 190 g/mol. The second kappa shape index (κ2) is 4.39. The van der Waals surface area contributed by atoms with Crippen molar-refractivity contribution in [2.45, 2.75) is 25.0 Å². The van der Waals surface area contributed by atoms with Gasteiger partial charge in [-0.2, -0.15) is 0 Å². The average Bonchev–Trinajstić information content (AvgIpc) is 2.48. The van der Waals surface area contributed by atoms with E-state index in [0.717, 1.165) is 4.90 Å². The van der Waals surface area contributed by atoms with Crippen LogP contribution in [0.3, 0.4) is 0 Å². The van der Waals surface area contributed by atoms with E-state index in [-0.39, 0.29) is 25.3 Å². The summed E-state index contributed by atoms with van der Waals surface area (Å²) in [6.07, 6.45) is -0.611. The van der Waals surface area contributed by atoms with Gasteiger partial charge >= 0.3 is 5.97 Å². The lowest BCUT2D eigenvalue weighted by Crippen LogP contribution is -2.43. The fraction of sp³-hybridized carbons (Fsp3) is 0.750. The monoisotopic (exact) mass is 203 g/mol. The van der Waals surface area contributed by atoms with Crippen LogP contribution in [-0.2, 0) is 9.59 Å². The Kier molecular flexibility index (Phi) is 3.43. The lowest BCUT2D eigenvalue weighted by Gasteiger charge is -2.23. The molecule has 3 N–H and O–H groups in total. The third-order valence-corrected chi connectivity index (χ3v) is 2.23. The molecule has 2 atom stereocenters. The topological polar surface area (TPSA) is 98.1 Å². The van der Waals surface area contributed by atoms with Gasteiger partial charge in [0.1, 0.15) is 6.04 Å². The summed E-state index contributed by atoms with van der Waals surface area (Å²) in [4.78, 5) is 23.0. The van der Waals surface area contributed by atoms with E-state index in [9.17, 15) is 9.59 Å². The number of hydrogen-bond donors (Lipinski definition) is 3. The van der Waals surface area contributed by atoms with Crippen molar-refractivity contribution in [1.82, 2.24) is 4.90 Å². The normalized spacial score (nSPS) is 24.0. The highest BCUT2D eigenvalue weighted by Gasteiger charge is 2.36. The third-order valence-electron chi connectivity index (χ3n) is 2.23. The van der Waals surface area contributed by atoms with Gasteiger partial charge in [0, 0.05) is 13.0 Å². The third kappa shape index (κ3) is 2.21. The fourth-order valence-electron chi connectivity index (χ4n) is 1.50. The number of carboxylic acids is 1. The highest BCUT2D eigenvalue weighted by atomic mass is 16.4. The van der Waals surface area contributed by atoms with E-state index in [2.05, 4.69) is 0 Å². The SMILES string of the molecule is O=C(O)[C@@H]1CCC(=O)N1CC(O)CO. The number of carbonyl (C=O) groups is 2. The van der Waals surface area contributed by atoms with Gasteiger partial charge in [-0.1, -0.05) is 0 Å². The molecule has 6 nitrogen and oxygen atoms in total. The molecule has 1 aliphatic heterocycles. The number of amides is 1. The first-order chi connectivity index (χ1) is 6.56. The highest BCUT2D eigenvalue weighted by Crippen LogP contribution is 2.18. The van der Waals surface area contributed by atoms with Gasteiger partial charge in [0.05, 0.1) is 12.7 Å². The van der Waals surface area contributed by atoms with Crippen LogP contribution in [0.1, 0.15) is 12.8 Å². The van der Waals surface area contributed by atoms with Gasteiger partial charge in [0.15, 0.2) is 0 Å². The standard InChI is InChI=1S/C8H13NO5/c10-4-5(11)3-9-6(8(13)14)1-2-7(9)12/h5-6,10-11H,1-4H2,(H,13,14)/t5?,6-/m0/s1. The van der Waals surface area contributed by atoms with E-state index in [1.54, 1.807) is 0 Å². The number of rotatable bonds is 4. The molecule has 0 saturated carbocycles. The summed E-state index contributed by atoms with van der Waals surface area (Å²) in [6, 6.07) is -0.858. The first-order valence-electron chi connectivity index (χ1n) is 4.37. The van der Waals surface area contributed by atoms with Crippen LogP contribution in [0.15, 0.2) is 0 Å². The van der Waals surface area contributed by atoms with Crippen LogP contribution in [0.5, 0.6) is 0 Å². The first kappa shape index (κ1) is 10.9. The maximum Gasteiger partial charge on any atom is 0.326 e. The molecule has 0 aromatic carbocycles. The predicted molar refractivity (Wildman–Crippen MR) is 45.5 cm³/mol. The zero-order valence-electron chi connectivity index (χ0n) is 7.59. The Hall–Kier alpha value is -1.14. The van der Waals surface area contributed by atoms with Gasteiger partial charge < -0.3 is 20.2 Å². The Bertz CT molecular complexity index is 242. The van der Waals surface area contributed by atoms with Gasteiger partial charge in [0.2, 0.25) is 5.91 Å². The van der Waals surface area contributed by atoms with Crippen molar-refractivity contribution in [2.75, 3.05) is 13.2 Å². The summed E-state index contributed by atoms with van der Waals surface area (Å²) in [5.74, 6) is -1.36. The summed E-state index contributed by atoms with van der Waals surface area (Å²) in [5, 5.41) is 26.4. The summed E-state index contributed by atoms with van der Waals surface area (Å²) < 4.78 is 0. The molecule has 6 heteroatoms. The molecule has 1 unspecified atom stereocenters. The molecule has 1 aliphatic rings. The lowest BCUT2D eigenvalue weighted by atomic mass is 10.2. The van der Waals surface area contributed by atoms with Crippen molar-refractivity contribution in [3.05, 3.63) is 0 Å². The Morgan fingerprint density at radius 2 is 2.29 bits per heavy atom. The zero-order chi connectivity index (χ0) is 10.7. The minimum atomic E-state index is -1.07. The summed E-state index contributed by atoms with van der Waals surface area (Å²) in [7, 11) is 0. The summed E-state index contributed by atoms with van der Waals surface area (Å²) >= 11 is 0. The van der Waals surface area contributed by atoms with Crippen molar-refractivity contribution in [3.63, 3.8) is 0 Å². The largest absolute Gasteiger partial charge is 0.480 e. The molecule has 0 aromatic heterocycles. The molecule has 0 aliphatic carbocycles. The van der Waals surface area contributed by atoms with Crippen molar-refractivity contribution >= 4 is 11.9 Å². The molecule has 80 valence electrons. The van der Waals surface area contributed by atoms with Crippen LogP contribution in [0.4, 0.5) is 0 Å². The molecule has 1 rings (SSSR count). The predicted octanol–water partition coefficient (Wildman–Crippen LogP) is -1.58. The van der Waals surface area contributed by atoms with Crippen LogP contribution in [-0.4, -0.2) is 57.4 Å². The van der Waals surface area contributed by atoms with Crippen molar-refractivity contribution in [1.29, 1.82) is 0 Å². The first-order valence-corrected chi connectivity index (χ1v) is 4.37. The molecular formula is C8H13NO5. The van der Waals surface area contributed by atoms with Gasteiger partial charge in [-0.25, -0.2) is 4.79 Å². The van der Waals surface area contributed by atoms with Crippen LogP contribution in [0.25, 0.3) is 0 Å².